The van der Waals surface area contributed by atoms with Crippen molar-refractivity contribution >= 4 is 0 Å². The summed E-state index contributed by atoms with van der Waals surface area (Å²) in [5, 5.41) is 0. The van der Waals surface area contributed by atoms with E-state index >= 15 is 0 Å². The molecule has 6 aliphatic heterocycles. The molecule has 6 saturated heterocycles. The molecule has 0 radical (unpaired) electrons. The number of hydrogen-bond donors (Lipinski definition) is 0. The van der Waals surface area contributed by atoms with Crippen LogP contribution in [0.3, 0.4) is 0 Å². The van der Waals surface area contributed by atoms with Crippen LogP contribution in [0.1, 0.15) is 46.0 Å². The van der Waals surface area contributed by atoms with Crippen molar-refractivity contribution in [1.82, 2.24) is 0 Å². The van der Waals surface area contributed by atoms with Gasteiger partial charge in [-0.15, -0.1) is 0 Å². The van der Waals surface area contributed by atoms with Crippen LogP contribution >= 0.6 is 0 Å². The summed E-state index contributed by atoms with van der Waals surface area (Å²) in [6.07, 6.45) is 8.07. The van der Waals surface area contributed by atoms with E-state index in [-0.39, 0.29) is 84.7 Å². The molecule has 12 nitrogen and oxygen atoms in total. The summed E-state index contributed by atoms with van der Waals surface area (Å²) in [5.74, 6) is 4.93. The molecule has 56 heavy (non-hydrogen) atoms. The molecule has 0 N–H and O–H groups in total. The summed E-state index contributed by atoms with van der Waals surface area (Å²) in [6.45, 7) is 12.1. The fourth-order valence-corrected chi connectivity index (χ4v) is 14.6. The van der Waals surface area contributed by atoms with Crippen molar-refractivity contribution in [3.05, 3.63) is 29.1 Å². The van der Waals surface area contributed by atoms with Gasteiger partial charge in [-0.05, 0) is 79.8 Å². The minimum absolute atomic E-state index is 0.00599. The maximum Gasteiger partial charge on any atom is 0.161 e. The highest BCUT2D eigenvalue weighted by Crippen LogP contribution is 2.60. The number of ether oxygens (including phenoxy) is 12. The highest BCUT2D eigenvalue weighted by atomic mass is 16.6. The summed E-state index contributed by atoms with van der Waals surface area (Å²) >= 11 is 0. The Balaban J connectivity index is 0.824. The first kappa shape index (κ1) is 36.4. The van der Waals surface area contributed by atoms with Crippen molar-refractivity contribution < 1.29 is 56.8 Å². The van der Waals surface area contributed by atoms with E-state index in [1.54, 1.807) is 0 Å². The van der Waals surface area contributed by atoms with Crippen LogP contribution < -0.4 is 0 Å². The lowest BCUT2D eigenvalue weighted by atomic mass is 9.80. The largest absolute Gasteiger partial charge is 0.486 e. The smallest absolute Gasteiger partial charge is 0.161 e. The van der Waals surface area contributed by atoms with Crippen molar-refractivity contribution in [3.63, 3.8) is 0 Å². The van der Waals surface area contributed by atoms with Crippen LogP contribution in [-0.4, -0.2) is 140 Å². The van der Waals surface area contributed by atoms with Gasteiger partial charge in [0, 0.05) is 17.8 Å². The van der Waals surface area contributed by atoms with Gasteiger partial charge in [0.25, 0.3) is 0 Å². The summed E-state index contributed by atoms with van der Waals surface area (Å²) in [7, 11) is 0. The predicted octanol–water partition coefficient (Wildman–Crippen LogP) is 3.90. The molecule has 0 aromatic carbocycles. The molecule has 12 heteroatoms. The quantitative estimate of drug-likeness (QED) is 0.378. The molecule has 12 aliphatic rings. The molecule has 5 saturated carbocycles. The highest BCUT2D eigenvalue weighted by molar-refractivity contribution is 5.43. The number of allylic oxidation sites excluding steroid dienone is 1. The van der Waals surface area contributed by atoms with Gasteiger partial charge in [0.1, 0.15) is 37.3 Å². The third kappa shape index (κ3) is 5.70. The lowest BCUT2D eigenvalue weighted by Gasteiger charge is -2.38. The fourth-order valence-electron chi connectivity index (χ4n) is 14.6. The van der Waals surface area contributed by atoms with Crippen molar-refractivity contribution in [2.24, 2.45) is 59.2 Å². The second-order valence-corrected chi connectivity index (χ2v) is 19.0. The predicted molar refractivity (Wildman–Crippen MR) is 197 cm³/mol. The Morgan fingerprint density at radius 2 is 0.786 bits per heavy atom. The maximum absolute atomic E-state index is 6.81. The van der Waals surface area contributed by atoms with E-state index in [4.69, 9.17) is 56.8 Å². The molecular weight excluding hydrogens is 720 g/mol. The van der Waals surface area contributed by atoms with Crippen LogP contribution in [-0.2, 0) is 56.8 Å². The molecule has 6 aliphatic carbocycles. The molecule has 6 heterocycles. The SMILES string of the molecule is CC1=C2OCCOC2=C(C2CC(C3CC(C4CC(C5[CH+]C(C6CC(C)C7OCCOC67)C6OCCOC56)C5OCCOC45)C4OCCOC34)C3OCCOC23)C1. The van der Waals surface area contributed by atoms with Crippen molar-refractivity contribution in [3.8, 4) is 0 Å². The Bertz CT molecular complexity index is 1550. The zero-order valence-electron chi connectivity index (χ0n) is 33.0. The Morgan fingerprint density at radius 1 is 0.393 bits per heavy atom. The van der Waals surface area contributed by atoms with Crippen LogP contribution in [0.2, 0.25) is 0 Å². The summed E-state index contributed by atoms with van der Waals surface area (Å²) in [6, 6.07) is 0. The molecule has 11 fully saturated rings. The van der Waals surface area contributed by atoms with Crippen LogP contribution in [0.4, 0.5) is 0 Å². The molecule has 308 valence electrons. The molecule has 0 bridgehead atoms. The van der Waals surface area contributed by atoms with Gasteiger partial charge in [-0.25, -0.2) is 0 Å². The summed E-state index contributed by atoms with van der Waals surface area (Å²) < 4.78 is 79.1. The lowest BCUT2D eigenvalue weighted by molar-refractivity contribution is -0.188. The summed E-state index contributed by atoms with van der Waals surface area (Å²) in [5.41, 5.74) is 2.60. The first-order chi connectivity index (χ1) is 27.6. The number of hydrogen-bond acceptors (Lipinski definition) is 12. The van der Waals surface area contributed by atoms with Crippen molar-refractivity contribution in [2.45, 2.75) is 107 Å². The maximum atomic E-state index is 6.81. The van der Waals surface area contributed by atoms with Gasteiger partial charge in [-0.2, -0.15) is 0 Å². The second kappa shape index (κ2) is 14.6. The lowest BCUT2D eigenvalue weighted by Crippen LogP contribution is -2.48. The van der Waals surface area contributed by atoms with Gasteiger partial charge >= 0.3 is 0 Å². The topological polar surface area (TPSA) is 111 Å². The highest BCUT2D eigenvalue weighted by Gasteiger charge is 2.68. The third-order valence-electron chi connectivity index (χ3n) is 16.5. The first-order valence-corrected chi connectivity index (χ1v) is 22.3. The van der Waals surface area contributed by atoms with Crippen molar-refractivity contribution in [1.29, 1.82) is 0 Å². The van der Waals surface area contributed by atoms with Gasteiger partial charge in [0.15, 0.2) is 11.5 Å². The van der Waals surface area contributed by atoms with E-state index in [2.05, 4.69) is 20.3 Å². The van der Waals surface area contributed by atoms with E-state index in [0.717, 1.165) is 43.6 Å². The monoisotopic (exact) mass is 781 g/mol. The number of rotatable bonds is 5. The first-order valence-electron chi connectivity index (χ1n) is 22.3. The normalized spacial score (nSPS) is 53.7. The third-order valence-corrected chi connectivity index (χ3v) is 16.5. The Morgan fingerprint density at radius 3 is 1.36 bits per heavy atom. The van der Waals surface area contributed by atoms with E-state index in [1.165, 1.54) is 11.1 Å². The molecule has 0 amide bonds. The van der Waals surface area contributed by atoms with E-state index in [0.29, 0.717) is 115 Å². The average molecular weight is 782 g/mol. The van der Waals surface area contributed by atoms with Crippen LogP contribution in [0.15, 0.2) is 22.7 Å². The fraction of sp³-hybridized carbons (Fsp3) is 0.886. The minimum Gasteiger partial charge on any atom is -0.486 e. The van der Waals surface area contributed by atoms with E-state index in [9.17, 15) is 0 Å². The summed E-state index contributed by atoms with van der Waals surface area (Å²) in [4.78, 5) is 0. The van der Waals surface area contributed by atoms with Crippen LogP contribution in [0, 0.1) is 65.6 Å². The molecule has 0 aromatic rings. The zero-order chi connectivity index (χ0) is 37.1. The van der Waals surface area contributed by atoms with E-state index < -0.39 is 0 Å². The molecule has 20 unspecified atom stereocenters. The average Bonchev–Trinajstić information content (AvgIpc) is 4.10. The minimum atomic E-state index is 0.00599. The van der Waals surface area contributed by atoms with E-state index in [1.807, 2.05) is 0 Å². The number of fused-ring (bicyclic) bond motifs is 6. The molecule has 0 spiro atoms. The van der Waals surface area contributed by atoms with Crippen molar-refractivity contribution in [2.75, 3.05) is 79.3 Å². The zero-order valence-corrected chi connectivity index (χ0v) is 33.0. The second-order valence-electron chi connectivity index (χ2n) is 19.0. The Labute approximate surface area is 330 Å². The van der Waals surface area contributed by atoms with Crippen LogP contribution in [0.25, 0.3) is 0 Å². The van der Waals surface area contributed by atoms with Gasteiger partial charge in [0.2, 0.25) is 0 Å². The van der Waals surface area contributed by atoms with Gasteiger partial charge in [-0.3, -0.25) is 0 Å². The van der Waals surface area contributed by atoms with Gasteiger partial charge in [-0.1, -0.05) is 6.92 Å². The van der Waals surface area contributed by atoms with Gasteiger partial charge < -0.3 is 56.8 Å². The molecule has 20 atom stereocenters. The molecule has 12 rings (SSSR count). The Hall–Kier alpha value is -1.45. The standard InChI is InChI=1S/C44H61O12/c1-21-15-23(35-33(21)45-3-5-47-35)25-17-27(39-37(25)49-7-9-51-39)29-19-31(43-41(29)53-11-13-55-43)32-20-30(42-44(32)56-14-12-54-42)28-18-26(38-40(28)52-10-8-50-38)24-16-22(2)34-36(24)48-6-4-46-34/h17,21,23,25-33,35,37-44H,3-16,18-20H2,1-2H3/q+1. The molecular formula is C44H61O12+. The van der Waals surface area contributed by atoms with Crippen LogP contribution in [0.5, 0.6) is 0 Å². The molecule has 0 aromatic heterocycles. The van der Waals surface area contributed by atoms with Gasteiger partial charge in [0.05, 0.1) is 121 Å². The Kier molecular flexibility index (Phi) is 9.51.